The van der Waals surface area contributed by atoms with Crippen molar-refractivity contribution in [3.05, 3.63) is 0 Å². The molecule has 0 N–H and O–H groups in total. The average Bonchev–Trinajstić information content (AvgIpc) is 1.86. The minimum atomic E-state index is -5.23. The van der Waals surface area contributed by atoms with Crippen LogP contribution in [0.4, 0.5) is 22.0 Å². The summed E-state index contributed by atoms with van der Waals surface area (Å²) < 4.78 is 59.9. The zero-order valence-electron chi connectivity index (χ0n) is 5.91. The quantitative estimate of drug-likeness (QED) is 0.521. The van der Waals surface area contributed by atoms with Crippen LogP contribution in [-0.2, 0) is 4.79 Å². The van der Waals surface area contributed by atoms with Crippen molar-refractivity contribution in [2.24, 2.45) is 0 Å². The Morgan fingerprint density at radius 1 is 1.33 bits per heavy atom. The van der Waals surface area contributed by atoms with E-state index in [4.69, 9.17) is 0 Å². The van der Waals surface area contributed by atoms with Crippen LogP contribution in [0, 0.1) is 0 Å². The molecule has 0 unspecified atom stereocenters. The van der Waals surface area contributed by atoms with E-state index in [1.807, 2.05) is 0 Å². The van der Waals surface area contributed by atoms with Crippen LogP contribution in [0.15, 0.2) is 0 Å². The van der Waals surface area contributed by atoms with E-state index in [1.165, 1.54) is 6.92 Å². The lowest BCUT2D eigenvalue weighted by Crippen LogP contribution is -2.43. The lowest BCUT2D eigenvalue weighted by atomic mass is 10.4. The zero-order chi connectivity index (χ0) is 9.99. The van der Waals surface area contributed by atoms with Crippen LogP contribution in [0.2, 0.25) is 0 Å². The Kier molecular flexibility index (Phi) is 3.49. The molecule has 0 radical (unpaired) electrons. The van der Waals surface area contributed by atoms with Crippen molar-refractivity contribution in [3.63, 3.8) is 0 Å². The molecule has 0 heterocycles. The van der Waals surface area contributed by atoms with Gasteiger partial charge in [-0.05, 0) is 5.75 Å². The first kappa shape index (κ1) is 11.7. The first-order chi connectivity index (χ1) is 5.25. The maximum Gasteiger partial charge on any atom is 0.407 e. The number of carbonyl (C=O) groups is 1. The first-order valence-electron chi connectivity index (χ1n) is 2.85. The predicted molar refractivity (Wildman–Crippen MR) is 34.1 cm³/mol. The molecule has 0 aromatic carbocycles. The fourth-order valence-corrected chi connectivity index (χ4v) is 1.01. The van der Waals surface area contributed by atoms with Gasteiger partial charge in [0.05, 0.1) is 0 Å². The van der Waals surface area contributed by atoms with Gasteiger partial charge in [0.2, 0.25) is 0 Å². The van der Waals surface area contributed by atoms with E-state index in [2.05, 4.69) is 0 Å². The van der Waals surface area contributed by atoms with Gasteiger partial charge in [-0.25, -0.2) is 0 Å². The molecule has 0 aliphatic rings. The van der Waals surface area contributed by atoms with Gasteiger partial charge in [0.25, 0.3) is 0 Å². The summed E-state index contributed by atoms with van der Waals surface area (Å²) in [5.74, 6) is -5.57. The van der Waals surface area contributed by atoms with Gasteiger partial charge in [0, 0.05) is 0 Å². The molecule has 1 nitrogen and oxygen atoms in total. The summed E-state index contributed by atoms with van der Waals surface area (Å²) in [7, 11) is 0. The molecule has 0 rings (SSSR count). The monoisotopic (exact) mass is 208 g/mol. The molecule has 0 spiro atoms. The van der Waals surface area contributed by atoms with Crippen LogP contribution in [0.25, 0.3) is 0 Å². The molecule has 0 aliphatic heterocycles. The van der Waals surface area contributed by atoms with E-state index in [0.29, 0.717) is 0 Å². The van der Waals surface area contributed by atoms with Gasteiger partial charge in [0.1, 0.15) is 0 Å². The van der Waals surface area contributed by atoms with Crippen molar-refractivity contribution in [1.29, 1.82) is 0 Å². The third kappa shape index (κ3) is 2.09. The Labute approximate surface area is 69.3 Å². The van der Waals surface area contributed by atoms with Crippen LogP contribution < -0.4 is 0 Å². The van der Waals surface area contributed by atoms with Crippen LogP contribution >= 0.6 is 11.8 Å². The molecule has 0 aromatic rings. The van der Waals surface area contributed by atoms with Crippen molar-refractivity contribution in [2.45, 2.75) is 18.1 Å². The van der Waals surface area contributed by atoms with E-state index in [-0.39, 0.29) is 5.75 Å². The second-order valence-electron chi connectivity index (χ2n) is 1.80. The normalized spacial score (nSPS) is 13.2. The van der Waals surface area contributed by atoms with Gasteiger partial charge in [0.15, 0.2) is 0 Å². The second-order valence-corrected chi connectivity index (χ2v) is 3.18. The molecule has 0 bridgehead atoms. The molecule has 0 fully saturated rings. The highest BCUT2D eigenvalue weighted by molar-refractivity contribution is 8.00. The summed E-state index contributed by atoms with van der Waals surface area (Å²) in [6, 6.07) is -3.31. The third-order valence-corrected chi connectivity index (χ3v) is 1.85. The molecule has 0 saturated heterocycles. The second kappa shape index (κ2) is 3.59. The number of hydrogen-bond acceptors (Lipinski definition) is 2. The summed E-state index contributed by atoms with van der Waals surface area (Å²) in [6.45, 7) is 1.19. The van der Waals surface area contributed by atoms with Crippen molar-refractivity contribution in [3.8, 4) is 0 Å². The lowest BCUT2D eigenvalue weighted by Gasteiger charge is -2.20. The first-order valence-corrected chi connectivity index (χ1v) is 3.83. The Bertz CT molecular complexity index is 181. The number of halogens is 5. The Balaban J connectivity index is 4.62. The number of rotatable bonds is 4. The maximum absolute atomic E-state index is 12.2. The van der Waals surface area contributed by atoms with Gasteiger partial charge in [-0.2, -0.15) is 22.0 Å². The Morgan fingerprint density at radius 2 is 1.75 bits per heavy atom. The molecule has 72 valence electrons. The summed E-state index contributed by atoms with van der Waals surface area (Å²) in [5.41, 5.74) is 0. The predicted octanol–water partition coefficient (Wildman–Crippen LogP) is 2.46. The van der Waals surface area contributed by atoms with E-state index in [0.717, 1.165) is 0 Å². The molecule has 0 aliphatic carbocycles. The van der Waals surface area contributed by atoms with E-state index in [1.54, 1.807) is 0 Å². The maximum atomic E-state index is 12.2. The minimum Gasteiger partial charge on any atom is -0.254 e. The van der Waals surface area contributed by atoms with Crippen LogP contribution in [0.1, 0.15) is 6.92 Å². The highest BCUT2D eigenvalue weighted by atomic mass is 32.2. The highest BCUT2D eigenvalue weighted by Crippen LogP contribution is 2.43. The van der Waals surface area contributed by atoms with Crippen molar-refractivity contribution < 1.29 is 26.7 Å². The molecule has 0 atom stereocenters. The van der Waals surface area contributed by atoms with E-state index < -0.39 is 29.0 Å². The molecular weight excluding hydrogens is 203 g/mol. The summed E-state index contributed by atoms with van der Waals surface area (Å²) in [6.07, 6.45) is 0. The van der Waals surface area contributed by atoms with Gasteiger partial charge < -0.3 is 0 Å². The standard InChI is InChI=1S/C5H5F5OS/c1-2-12-5(9,10)4(7,8)3(6)11/h2H2,1H3. The molecular formula is C5H5F5OS. The van der Waals surface area contributed by atoms with Crippen molar-refractivity contribution in [1.82, 2.24) is 0 Å². The number of carbonyl (C=O) groups excluding carboxylic acids is 1. The third-order valence-electron chi connectivity index (χ3n) is 0.938. The molecule has 0 amide bonds. The molecule has 0 saturated carbocycles. The largest absolute Gasteiger partial charge is 0.407 e. The molecule has 0 aromatic heterocycles. The summed E-state index contributed by atoms with van der Waals surface area (Å²) in [5, 5.41) is -4.67. The minimum absolute atomic E-state index is 0.337. The topological polar surface area (TPSA) is 17.1 Å². The van der Waals surface area contributed by atoms with E-state index >= 15 is 0 Å². The van der Waals surface area contributed by atoms with Crippen molar-refractivity contribution in [2.75, 3.05) is 5.75 Å². The number of hydrogen-bond donors (Lipinski definition) is 0. The number of thioether (sulfide) groups is 1. The van der Waals surface area contributed by atoms with E-state index in [9.17, 15) is 26.7 Å². The van der Waals surface area contributed by atoms with Gasteiger partial charge >= 0.3 is 17.2 Å². The zero-order valence-corrected chi connectivity index (χ0v) is 6.73. The van der Waals surface area contributed by atoms with Gasteiger partial charge in [-0.1, -0.05) is 18.7 Å². The van der Waals surface area contributed by atoms with Crippen LogP contribution in [0.3, 0.4) is 0 Å². The Morgan fingerprint density at radius 3 is 2.00 bits per heavy atom. The SMILES string of the molecule is CCSC(F)(F)C(F)(F)C(=O)F. The molecule has 7 heteroatoms. The Hall–Kier alpha value is -0.330. The van der Waals surface area contributed by atoms with Gasteiger partial charge in [-0.15, -0.1) is 0 Å². The number of alkyl halides is 4. The van der Waals surface area contributed by atoms with Gasteiger partial charge in [-0.3, -0.25) is 4.79 Å². The van der Waals surface area contributed by atoms with Crippen molar-refractivity contribution >= 4 is 17.8 Å². The summed E-state index contributed by atoms with van der Waals surface area (Å²) >= 11 is -0.475. The smallest absolute Gasteiger partial charge is 0.254 e. The summed E-state index contributed by atoms with van der Waals surface area (Å²) in [4.78, 5) is 9.48. The fraction of sp³-hybridized carbons (Fsp3) is 0.800. The van der Waals surface area contributed by atoms with Crippen LogP contribution in [-0.4, -0.2) is 23.0 Å². The highest BCUT2D eigenvalue weighted by Gasteiger charge is 2.62. The molecule has 12 heavy (non-hydrogen) atoms. The lowest BCUT2D eigenvalue weighted by molar-refractivity contribution is -0.187. The fourth-order valence-electron chi connectivity index (χ4n) is 0.386. The van der Waals surface area contributed by atoms with Crippen LogP contribution in [0.5, 0.6) is 0 Å². The average molecular weight is 208 g/mol.